The number of nitrogens with zero attached hydrogens (tertiary/aromatic N) is 3. The minimum atomic E-state index is -1.38. The fraction of sp³-hybridized carbons (Fsp3) is 0.105. The molecule has 0 amide bonds. The molecule has 7 nitrogen and oxygen atoms in total. The van der Waals surface area contributed by atoms with Crippen molar-refractivity contribution in [3.05, 3.63) is 87.1 Å². The molecule has 9 heteroatoms. The van der Waals surface area contributed by atoms with Crippen molar-refractivity contribution in [2.75, 3.05) is 6.26 Å². The van der Waals surface area contributed by atoms with E-state index in [0.717, 1.165) is 4.57 Å². The van der Waals surface area contributed by atoms with Crippen LogP contribution in [0.3, 0.4) is 0 Å². The molecule has 4 rings (SSSR count). The number of nitrogens with one attached hydrogen (secondary N) is 1. The summed E-state index contributed by atoms with van der Waals surface area (Å²) in [6.07, 6.45) is 2.81. The van der Waals surface area contributed by atoms with Crippen LogP contribution in [0, 0.1) is 5.82 Å². The molecule has 142 valence electrons. The maximum atomic E-state index is 14.1. The van der Waals surface area contributed by atoms with Crippen LogP contribution < -0.4 is 11.2 Å². The SMILES string of the molecule is CS(=O)c1ccccc1-n1c(=O)n(Cc2ccccc2F)c(=O)c2[nH]cnc21. The zero-order chi connectivity index (χ0) is 19.8. The number of para-hydroxylation sites is 1. The third kappa shape index (κ3) is 2.89. The van der Waals surface area contributed by atoms with Crippen molar-refractivity contribution in [1.29, 1.82) is 0 Å². The molecule has 0 radical (unpaired) electrons. The lowest BCUT2D eigenvalue weighted by Crippen LogP contribution is -2.40. The first kappa shape index (κ1) is 18.1. The average molecular weight is 398 g/mol. The van der Waals surface area contributed by atoms with Crippen LogP contribution in [-0.4, -0.2) is 29.6 Å². The zero-order valence-corrected chi connectivity index (χ0v) is 15.6. The highest BCUT2D eigenvalue weighted by Crippen LogP contribution is 2.19. The summed E-state index contributed by atoms with van der Waals surface area (Å²) in [4.78, 5) is 33.3. The topological polar surface area (TPSA) is 89.8 Å². The van der Waals surface area contributed by atoms with Gasteiger partial charge in [-0.05, 0) is 18.2 Å². The van der Waals surface area contributed by atoms with Gasteiger partial charge in [0.1, 0.15) is 11.3 Å². The van der Waals surface area contributed by atoms with Crippen LogP contribution >= 0.6 is 0 Å². The summed E-state index contributed by atoms with van der Waals surface area (Å²) in [6.45, 7) is -0.239. The van der Waals surface area contributed by atoms with Gasteiger partial charge in [0.2, 0.25) is 0 Å². The van der Waals surface area contributed by atoms with Gasteiger partial charge in [-0.25, -0.2) is 18.7 Å². The minimum Gasteiger partial charge on any atom is -0.339 e. The van der Waals surface area contributed by atoms with Gasteiger partial charge in [-0.1, -0.05) is 30.3 Å². The lowest BCUT2D eigenvalue weighted by Gasteiger charge is -2.14. The van der Waals surface area contributed by atoms with Crippen molar-refractivity contribution in [1.82, 2.24) is 19.1 Å². The number of rotatable bonds is 4. The van der Waals surface area contributed by atoms with Gasteiger partial charge in [0, 0.05) is 11.8 Å². The fourth-order valence-electron chi connectivity index (χ4n) is 3.09. The Hall–Kier alpha value is -3.33. The van der Waals surface area contributed by atoms with E-state index in [1.165, 1.54) is 35.3 Å². The molecule has 2 heterocycles. The van der Waals surface area contributed by atoms with E-state index in [0.29, 0.717) is 10.6 Å². The summed E-state index contributed by atoms with van der Waals surface area (Å²) >= 11 is 0. The van der Waals surface area contributed by atoms with Gasteiger partial charge >= 0.3 is 5.69 Å². The molecule has 0 aliphatic rings. The Labute approximate surface area is 160 Å². The Bertz CT molecular complexity index is 1340. The first-order chi connectivity index (χ1) is 13.5. The predicted octanol–water partition coefficient (Wildman–Crippen LogP) is 1.80. The third-order valence-corrected chi connectivity index (χ3v) is 5.38. The molecule has 28 heavy (non-hydrogen) atoms. The second-order valence-corrected chi connectivity index (χ2v) is 7.47. The predicted molar refractivity (Wildman–Crippen MR) is 104 cm³/mol. The van der Waals surface area contributed by atoms with Crippen molar-refractivity contribution >= 4 is 22.0 Å². The molecule has 0 aliphatic heterocycles. The Morgan fingerprint density at radius 2 is 1.82 bits per heavy atom. The fourth-order valence-corrected chi connectivity index (χ4v) is 3.81. The van der Waals surface area contributed by atoms with Gasteiger partial charge in [-0.3, -0.25) is 13.6 Å². The van der Waals surface area contributed by atoms with Crippen LogP contribution in [0.25, 0.3) is 16.9 Å². The van der Waals surface area contributed by atoms with Crippen LogP contribution in [0.4, 0.5) is 4.39 Å². The number of hydrogen-bond donors (Lipinski definition) is 1. The van der Waals surface area contributed by atoms with Gasteiger partial charge in [-0.2, -0.15) is 0 Å². The highest BCUT2D eigenvalue weighted by atomic mass is 32.2. The van der Waals surface area contributed by atoms with Crippen LogP contribution in [0.5, 0.6) is 0 Å². The molecular formula is C19H15FN4O3S. The van der Waals surface area contributed by atoms with Crippen molar-refractivity contribution in [3.63, 3.8) is 0 Å². The van der Waals surface area contributed by atoms with Crippen LogP contribution in [0.1, 0.15) is 5.56 Å². The van der Waals surface area contributed by atoms with Crippen molar-refractivity contribution < 1.29 is 8.60 Å². The molecule has 0 saturated carbocycles. The van der Waals surface area contributed by atoms with Crippen molar-refractivity contribution in [2.45, 2.75) is 11.4 Å². The number of H-pyrrole nitrogens is 1. The smallest absolute Gasteiger partial charge is 0.337 e. The van der Waals surface area contributed by atoms with E-state index in [1.807, 2.05) is 0 Å². The van der Waals surface area contributed by atoms with E-state index in [9.17, 15) is 18.2 Å². The Morgan fingerprint density at radius 1 is 1.11 bits per heavy atom. The van der Waals surface area contributed by atoms with E-state index >= 15 is 0 Å². The summed E-state index contributed by atoms with van der Waals surface area (Å²) in [5.41, 5.74) is -0.504. The molecule has 0 saturated heterocycles. The number of benzene rings is 2. The minimum absolute atomic E-state index is 0.104. The Morgan fingerprint density at radius 3 is 2.57 bits per heavy atom. The van der Waals surface area contributed by atoms with Gasteiger partial charge in [0.15, 0.2) is 5.65 Å². The largest absolute Gasteiger partial charge is 0.339 e. The maximum absolute atomic E-state index is 14.1. The molecule has 1 N–H and O–H groups in total. The van der Waals surface area contributed by atoms with Crippen molar-refractivity contribution in [2.24, 2.45) is 0 Å². The molecule has 2 aromatic heterocycles. The maximum Gasteiger partial charge on any atom is 0.337 e. The summed E-state index contributed by atoms with van der Waals surface area (Å²) < 4.78 is 28.4. The normalized spacial score (nSPS) is 12.4. The second kappa shape index (κ2) is 7.01. The summed E-state index contributed by atoms with van der Waals surface area (Å²) in [7, 11) is -1.38. The van der Waals surface area contributed by atoms with Crippen LogP contribution in [0.2, 0.25) is 0 Å². The molecule has 1 atom stereocenters. The summed E-state index contributed by atoms with van der Waals surface area (Å²) in [5.74, 6) is -0.514. The molecule has 4 aromatic rings. The number of hydrogen-bond acceptors (Lipinski definition) is 4. The summed E-state index contributed by atoms with van der Waals surface area (Å²) in [6, 6.07) is 12.6. The first-order valence-corrected chi connectivity index (χ1v) is 9.90. The van der Waals surface area contributed by atoms with E-state index < -0.39 is 27.9 Å². The molecule has 2 aromatic carbocycles. The van der Waals surface area contributed by atoms with Crippen molar-refractivity contribution in [3.8, 4) is 5.69 Å². The van der Waals surface area contributed by atoms with Crippen LogP contribution in [0.15, 0.2) is 69.3 Å². The molecular weight excluding hydrogens is 383 g/mol. The summed E-state index contributed by atoms with van der Waals surface area (Å²) in [5, 5.41) is 0. The first-order valence-electron chi connectivity index (χ1n) is 8.34. The van der Waals surface area contributed by atoms with E-state index in [2.05, 4.69) is 9.97 Å². The van der Waals surface area contributed by atoms with Crippen LogP contribution in [-0.2, 0) is 17.3 Å². The number of imidazole rings is 1. The van der Waals surface area contributed by atoms with Gasteiger partial charge in [0.25, 0.3) is 5.56 Å². The van der Waals surface area contributed by atoms with Gasteiger partial charge in [0.05, 0.1) is 34.3 Å². The number of aromatic nitrogens is 4. The number of aromatic amines is 1. The number of fused-ring (bicyclic) bond motifs is 1. The molecule has 0 aliphatic carbocycles. The zero-order valence-electron chi connectivity index (χ0n) is 14.8. The second-order valence-electron chi connectivity index (χ2n) is 6.12. The number of halogens is 1. The Kier molecular flexibility index (Phi) is 4.52. The highest BCUT2D eigenvalue weighted by Gasteiger charge is 2.20. The van der Waals surface area contributed by atoms with E-state index in [1.54, 1.807) is 30.3 Å². The quantitative estimate of drug-likeness (QED) is 0.568. The molecule has 0 fully saturated rings. The lowest BCUT2D eigenvalue weighted by atomic mass is 10.2. The van der Waals surface area contributed by atoms with E-state index in [4.69, 9.17) is 0 Å². The Balaban J connectivity index is 2.05. The van der Waals surface area contributed by atoms with Gasteiger partial charge in [-0.15, -0.1) is 0 Å². The molecule has 0 bridgehead atoms. The average Bonchev–Trinajstić information content (AvgIpc) is 3.16. The lowest BCUT2D eigenvalue weighted by molar-refractivity contribution is 0.586. The molecule has 1 unspecified atom stereocenters. The monoisotopic (exact) mass is 398 g/mol. The van der Waals surface area contributed by atoms with Gasteiger partial charge < -0.3 is 4.98 Å². The van der Waals surface area contributed by atoms with E-state index in [-0.39, 0.29) is 23.3 Å². The third-order valence-electron chi connectivity index (χ3n) is 4.41. The standard InChI is InChI=1S/C19H15FN4O3S/c1-28(27)15-9-5-4-8-14(15)24-17-16(21-11-22-17)18(25)23(19(24)26)10-12-6-2-3-7-13(12)20/h2-9,11H,10H2,1H3,(H,21,22). The highest BCUT2D eigenvalue weighted by molar-refractivity contribution is 7.84. The molecule has 0 spiro atoms.